The van der Waals surface area contributed by atoms with Crippen molar-refractivity contribution in [3.8, 4) is 0 Å². The molecule has 0 aromatic rings. The lowest BCUT2D eigenvalue weighted by atomic mass is 10.4. The van der Waals surface area contributed by atoms with Crippen LogP contribution in [0, 0.1) is 0 Å². The van der Waals surface area contributed by atoms with Gasteiger partial charge in [-0.15, -0.1) is 0 Å². The SMILES string of the molecule is CO[Si]1(OC)CCCN1CCCN. The Morgan fingerprint density at radius 2 is 2.08 bits per heavy atom. The number of nitrogens with two attached hydrogens (primary N) is 1. The van der Waals surface area contributed by atoms with Gasteiger partial charge in [0, 0.05) is 20.3 Å². The van der Waals surface area contributed by atoms with Gasteiger partial charge < -0.3 is 14.6 Å². The van der Waals surface area contributed by atoms with Crippen LogP contribution in [0.4, 0.5) is 0 Å². The summed E-state index contributed by atoms with van der Waals surface area (Å²) in [6, 6.07) is 1.09. The first-order chi connectivity index (χ1) is 6.29. The first kappa shape index (κ1) is 11.1. The van der Waals surface area contributed by atoms with Crippen molar-refractivity contribution in [2.75, 3.05) is 33.9 Å². The van der Waals surface area contributed by atoms with E-state index >= 15 is 0 Å². The van der Waals surface area contributed by atoms with E-state index in [0.717, 1.165) is 32.1 Å². The van der Waals surface area contributed by atoms with Gasteiger partial charge in [-0.1, -0.05) is 0 Å². The van der Waals surface area contributed by atoms with Crippen molar-refractivity contribution in [2.45, 2.75) is 18.9 Å². The summed E-state index contributed by atoms with van der Waals surface area (Å²) in [5.41, 5.74) is 5.49. The Hall–Kier alpha value is 0.0569. The van der Waals surface area contributed by atoms with E-state index in [9.17, 15) is 0 Å². The number of hydrogen-bond acceptors (Lipinski definition) is 4. The zero-order valence-electron chi connectivity index (χ0n) is 8.58. The molecule has 1 heterocycles. The fourth-order valence-corrected chi connectivity index (χ4v) is 4.94. The van der Waals surface area contributed by atoms with Crippen molar-refractivity contribution in [2.24, 2.45) is 5.73 Å². The van der Waals surface area contributed by atoms with Crippen LogP contribution in [-0.4, -0.2) is 47.1 Å². The van der Waals surface area contributed by atoms with Gasteiger partial charge in [-0.05, 0) is 32.5 Å². The molecular weight excluding hydrogens is 184 g/mol. The highest BCUT2D eigenvalue weighted by Crippen LogP contribution is 2.26. The molecule has 0 bridgehead atoms. The molecule has 0 amide bonds. The van der Waals surface area contributed by atoms with Crippen molar-refractivity contribution in [3.05, 3.63) is 0 Å². The van der Waals surface area contributed by atoms with Gasteiger partial charge in [-0.25, -0.2) is 0 Å². The minimum atomic E-state index is -1.97. The fourth-order valence-electron chi connectivity index (χ4n) is 1.93. The Morgan fingerprint density at radius 3 is 2.62 bits per heavy atom. The largest absolute Gasteiger partial charge is 0.427 e. The predicted molar refractivity (Wildman–Crippen MR) is 54.4 cm³/mol. The zero-order chi connectivity index (χ0) is 9.73. The molecule has 0 aromatic heterocycles. The van der Waals surface area contributed by atoms with Gasteiger partial charge in [0.1, 0.15) is 0 Å². The van der Waals surface area contributed by atoms with Crippen LogP contribution in [0.2, 0.25) is 6.04 Å². The maximum atomic E-state index is 5.56. The molecule has 13 heavy (non-hydrogen) atoms. The van der Waals surface area contributed by atoms with Crippen molar-refractivity contribution < 1.29 is 8.85 Å². The lowest BCUT2D eigenvalue weighted by Crippen LogP contribution is -2.53. The van der Waals surface area contributed by atoms with E-state index in [-0.39, 0.29) is 0 Å². The van der Waals surface area contributed by atoms with Crippen LogP contribution in [0.1, 0.15) is 12.8 Å². The van der Waals surface area contributed by atoms with Gasteiger partial charge in [0.05, 0.1) is 0 Å². The summed E-state index contributed by atoms with van der Waals surface area (Å²) >= 11 is 0. The zero-order valence-corrected chi connectivity index (χ0v) is 9.58. The minimum Gasteiger partial charge on any atom is -0.386 e. The van der Waals surface area contributed by atoms with Crippen LogP contribution in [0.25, 0.3) is 0 Å². The van der Waals surface area contributed by atoms with E-state index in [1.807, 2.05) is 0 Å². The third-order valence-corrected chi connectivity index (χ3v) is 6.34. The van der Waals surface area contributed by atoms with Gasteiger partial charge in [0.15, 0.2) is 0 Å². The molecule has 0 saturated carbocycles. The highest BCUT2D eigenvalue weighted by molar-refractivity contribution is 6.65. The highest BCUT2D eigenvalue weighted by Gasteiger charge is 2.46. The molecule has 0 atom stereocenters. The standard InChI is InChI=1S/C8H20N2O2Si/c1-11-13(12-2)8-4-7-10(13)6-3-5-9/h3-9H2,1-2H3. The molecule has 1 aliphatic heterocycles. The molecule has 1 rings (SSSR count). The van der Waals surface area contributed by atoms with Crippen LogP contribution >= 0.6 is 0 Å². The summed E-state index contributed by atoms with van der Waals surface area (Å²) in [6.07, 6.45) is 2.22. The molecule has 4 nitrogen and oxygen atoms in total. The van der Waals surface area contributed by atoms with E-state index in [0.29, 0.717) is 0 Å². The average molecular weight is 204 g/mol. The Balaban J connectivity index is 2.50. The predicted octanol–water partition coefficient (Wildman–Crippen LogP) is 0.273. The number of nitrogens with zero attached hydrogens (tertiary/aromatic N) is 1. The normalized spacial score (nSPS) is 22.4. The topological polar surface area (TPSA) is 47.7 Å². The minimum absolute atomic E-state index is 0.744. The van der Waals surface area contributed by atoms with Crippen molar-refractivity contribution in [1.82, 2.24) is 4.57 Å². The van der Waals surface area contributed by atoms with Crippen LogP contribution in [0.15, 0.2) is 0 Å². The van der Waals surface area contributed by atoms with Crippen molar-refractivity contribution >= 4 is 8.72 Å². The third kappa shape index (κ3) is 2.29. The Morgan fingerprint density at radius 1 is 1.38 bits per heavy atom. The highest BCUT2D eigenvalue weighted by atomic mass is 28.4. The maximum absolute atomic E-state index is 5.56. The van der Waals surface area contributed by atoms with E-state index < -0.39 is 8.72 Å². The van der Waals surface area contributed by atoms with Crippen LogP contribution in [-0.2, 0) is 8.85 Å². The van der Waals surface area contributed by atoms with Gasteiger partial charge in [-0.2, -0.15) is 0 Å². The summed E-state index contributed by atoms with van der Waals surface area (Å²) in [4.78, 5) is 0. The molecule has 0 radical (unpaired) electrons. The lowest BCUT2D eigenvalue weighted by Gasteiger charge is -2.31. The van der Waals surface area contributed by atoms with E-state index in [1.165, 1.54) is 6.42 Å². The van der Waals surface area contributed by atoms with Crippen LogP contribution < -0.4 is 5.73 Å². The lowest BCUT2D eigenvalue weighted by molar-refractivity contribution is 0.182. The van der Waals surface area contributed by atoms with E-state index in [4.69, 9.17) is 14.6 Å². The monoisotopic (exact) mass is 204 g/mol. The molecule has 1 fully saturated rings. The number of hydrogen-bond donors (Lipinski definition) is 1. The van der Waals surface area contributed by atoms with Gasteiger partial charge in [-0.3, -0.25) is 4.57 Å². The van der Waals surface area contributed by atoms with Crippen molar-refractivity contribution in [3.63, 3.8) is 0 Å². The van der Waals surface area contributed by atoms with Crippen LogP contribution in [0.3, 0.4) is 0 Å². The van der Waals surface area contributed by atoms with Gasteiger partial charge in [0.25, 0.3) is 0 Å². The first-order valence-corrected chi connectivity index (χ1v) is 6.81. The van der Waals surface area contributed by atoms with Crippen LogP contribution in [0.5, 0.6) is 0 Å². The molecule has 1 aliphatic rings. The Bertz CT molecular complexity index is 153. The summed E-state index contributed by atoms with van der Waals surface area (Å²) in [7, 11) is 1.55. The summed E-state index contributed by atoms with van der Waals surface area (Å²) in [5, 5.41) is 0. The molecule has 0 spiro atoms. The van der Waals surface area contributed by atoms with E-state index in [2.05, 4.69) is 4.57 Å². The smallest absolute Gasteiger partial charge is 0.386 e. The summed E-state index contributed by atoms with van der Waals surface area (Å²) in [6.45, 7) is 2.87. The summed E-state index contributed by atoms with van der Waals surface area (Å²) < 4.78 is 13.5. The maximum Gasteiger partial charge on any atom is 0.427 e. The molecule has 5 heteroatoms. The molecule has 0 aromatic carbocycles. The second-order valence-electron chi connectivity index (χ2n) is 3.35. The van der Waals surface area contributed by atoms with Crippen molar-refractivity contribution in [1.29, 1.82) is 0 Å². The molecule has 2 N–H and O–H groups in total. The quantitative estimate of drug-likeness (QED) is 0.653. The molecule has 0 unspecified atom stereocenters. The third-order valence-electron chi connectivity index (χ3n) is 2.67. The fraction of sp³-hybridized carbons (Fsp3) is 1.00. The molecule has 1 saturated heterocycles. The second kappa shape index (κ2) is 5.07. The number of rotatable bonds is 5. The second-order valence-corrected chi connectivity index (χ2v) is 6.73. The van der Waals surface area contributed by atoms with Gasteiger partial charge >= 0.3 is 8.72 Å². The van der Waals surface area contributed by atoms with Gasteiger partial charge in [0.2, 0.25) is 0 Å². The van der Waals surface area contributed by atoms with E-state index in [1.54, 1.807) is 14.2 Å². The molecule has 0 aliphatic carbocycles. The molecule has 78 valence electrons. The Kier molecular flexibility index (Phi) is 4.34. The Labute approximate surface area is 81.3 Å². The summed E-state index contributed by atoms with van der Waals surface area (Å²) in [5.74, 6) is 0. The first-order valence-electron chi connectivity index (χ1n) is 4.84. The average Bonchev–Trinajstić information content (AvgIpc) is 2.58. The molecular formula is C8H20N2O2Si.